The lowest BCUT2D eigenvalue weighted by molar-refractivity contribution is -0.172. The van der Waals surface area contributed by atoms with Crippen molar-refractivity contribution in [1.82, 2.24) is 0 Å². The van der Waals surface area contributed by atoms with Crippen LogP contribution in [-0.4, -0.2) is 66.5 Å². The fourth-order valence-corrected chi connectivity index (χ4v) is 5.70. The molecule has 0 radical (unpaired) electrons. The van der Waals surface area contributed by atoms with Gasteiger partial charge in [-0.1, -0.05) is 36.4 Å². The third kappa shape index (κ3) is 5.21. The van der Waals surface area contributed by atoms with Gasteiger partial charge in [0.25, 0.3) is 0 Å². The highest BCUT2D eigenvalue weighted by Gasteiger charge is 2.54. The van der Waals surface area contributed by atoms with Crippen molar-refractivity contribution in [3.05, 3.63) is 53.1 Å². The molecule has 13 heteroatoms. The van der Waals surface area contributed by atoms with Crippen molar-refractivity contribution in [3.8, 4) is 11.1 Å². The number of fused-ring (bicyclic) bond motifs is 3. The molecule has 200 valence electrons. The minimum absolute atomic E-state index is 0.109. The fraction of sp³-hybridized carbons (Fsp3) is 0.280. The molecule has 38 heavy (non-hydrogen) atoms. The summed E-state index contributed by atoms with van der Waals surface area (Å²) in [5.41, 5.74) is 3.11. The molecule has 0 saturated heterocycles. The lowest BCUT2D eigenvalue weighted by Crippen LogP contribution is -2.48. The van der Waals surface area contributed by atoms with Gasteiger partial charge in [0, 0.05) is 0 Å². The second-order valence-corrected chi connectivity index (χ2v) is 9.46. The van der Waals surface area contributed by atoms with Crippen LogP contribution >= 0.6 is 9.24 Å². The SMILES string of the molecule is O=C(O)CC(C(=O)O)C(C(=O)O)C(C(=O)O)C(C(=O)O)C(C(=O)O)c1ccc2c(c1P)Cc1ccccc1-2. The van der Waals surface area contributed by atoms with Crippen LogP contribution in [0.5, 0.6) is 0 Å². The van der Waals surface area contributed by atoms with Gasteiger partial charge in [0.1, 0.15) is 0 Å². The zero-order valence-corrected chi connectivity index (χ0v) is 20.6. The van der Waals surface area contributed by atoms with Crippen LogP contribution in [0.25, 0.3) is 11.1 Å². The lowest BCUT2D eigenvalue weighted by atomic mass is 9.68. The zero-order chi connectivity index (χ0) is 28.5. The van der Waals surface area contributed by atoms with Crippen LogP contribution < -0.4 is 5.30 Å². The number of hydrogen-bond acceptors (Lipinski definition) is 6. The summed E-state index contributed by atoms with van der Waals surface area (Å²) in [5.74, 6) is -23.8. The Morgan fingerprint density at radius 2 is 1.26 bits per heavy atom. The van der Waals surface area contributed by atoms with Gasteiger partial charge in [-0.15, -0.1) is 9.24 Å². The number of benzene rings is 2. The van der Waals surface area contributed by atoms with Gasteiger partial charge < -0.3 is 30.6 Å². The maximum absolute atomic E-state index is 12.5. The molecular weight excluding hydrogens is 523 g/mol. The molecule has 6 atom stereocenters. The topological polar surface area (TPSA) is 224 Å². The van der Waals surface area contributed by atoms with Crippen molar-refractivity contribution < 1.29 is 59.4 Å². The number of rotatable bonds is 12. The van der Waals surface area contributed by atoms with Crippen molar-refractivity contribution >= 4 is 50.4 Å². The maximum Gasteiger partial charge on any atom is 0.311 e. The highest BCUT2D eigenvalue weighted by atomic mass is 31.0. The summed E-state index contributed by atoms with van der Waals surface area (Å²) in [6.07, 6.45) is -0.950. The van der Waals surface area contributed by atoms with Gasteiger partial charge in [-0.25, -0.2) is 0 Å². The Bertz CT molecular complexity index is 1350. The molecule has 2 aromatic rings. The van der Waals surface area contributed by atoms with E-state index < -0.39 is 71.8 Å². The summed E-state index contributed by atoms with van der Waals surface area (Å²) in [6.45, 7) is 0. The Labute approximate surface area is 216 Å². The average Bonchev–Trinajstić information content (AvgIpc) is 3.19. The number of carboxylic acids is 6. The third-order valence-corrected chi connectivity index (χ3v) is 7.48. The Hall–Kier alpha value is -4.31. The van der Waals surface area contributed by atoms with Crippen molar-refractivity contribution in [2.45, 2.75) is 18.8 Å². The summed E-state index contributed by atoms with van der Waals surface area (Å²) < 4.78 is 0. The summed E-state index contributed by atoms with van der Waals surface area (Å²) in [4.78, 5) is 72.4. The standard InChI is InChI=1S/C25H23O12P/c26-15(27)8-14(21(28)29)17(23(32)33)19(25(36)37)18(24(34)35)16(22(30)31)12-6-5-11-10-4-2-1-3-9(10)7-13(11)20(12)38/h1-6,14,16-19H,7-8,38H2,(H,26,27)(H,28,29)(H,30,31)(H,32,33)(H,34,35)(H,36,37). The first-order chi connectivity index (χ1) is 17.8. The molecule has 2 aromatic carbocycles. The average molecular weight is 546 g/mol. The van der Waals surface area contributed by atoms with Crippen molar-refractivity contribution in [2.75, 3.05) is 0 Å². The quantitative estimate of drug-likeness (QED) is 0.176. The summed E-state index contributed by atoms with van der Waals surface area (Å²) in [5, 5.41) is 58.7. The van der Waals surface area contributed by atoms with E-state index in [-0.39, 0.29) is 10.9 Å². The zero-order valence-electron chi connectivity index (χ0n) is 19.5. The number of aliphatic carboxylic acids is 6. The summed E-state index contributed by atoms with van der Waals surface area (Å²) in [6, 6.07) is 10.2. The molecule has 1 aliphatic rings. The van der Waals surface area contributed by atoms with E-state index in [9.17, 15) is 54.3 Å². The van der Waals surface area contributed by atoms with Gasteiger partial charge in [-0.2, -0.15) is 0 Å². The molecule has 12 nitrogen and oxygen atoms in total. The van der Waals surface area contributed by atoms with Crippen LogP contribution in [0.15, 0.2) is 36.4 Å². The number of carboxylic acid groups (broad SMARTS) is 6. The third-order valence-electron chi connectivity index (χ3n) is 6.80. The Morgan fingerprint density at radius 3 is 1.76 bits per heavy atom. The van der Waals surface area contributed by atoms with E-state index in [1.807, 2.05) is 24.3 Å². The van der Waals surface area contributed by atoms with E-state index in [1.54, 1.807) is 6.07 Å². The van der Waals surface area contributed by atoms with Gasteiger partial charge in [-0.05, 0) is 39.5 Å². The Kier molecular flexibility index (Phi) is 8.16. The van der Waals surface area contributed by atoms with E-state index in [4.69, 9.17) is 5.11 Å². The smallest absolute Gasteiger partial charge is 0.311 e. The predicted octanol–water partition coefficient (Wildman–Crippen LogP) is 1.20. The molecule has 0 spiro atoms. The molecule has 0 heterocycles. The van der Waals surface area contributed by atoms with E-state index in [0.29, 0.717) is 12.0 Å². The van der Waals surface area contributed by atoms with Crippen LogP contribution in [0.1, 0.15) is 29.0 Å². The van der Waals surface area contributed by atoms with Crippen LogP contribution in [0.4, 0.5) is 0 Å². The van der Waals surface area contributed by atoms with Gasteiger partial charge in [0.15, 0.2) is 0 Å². The molecule has 0 aliphatic heterocycles. The summed E-state index contributed by atoms with van der Waals surface area (Å²) >= 11 is 0. The molecule has 0 aromatic heterocycles. The maximum atomic E-state index is 12.5. The van der Waals surface area contributed by atoms with E-state index in [1.165, 1.54) is 6.07 Å². The van der Waals surface area contributed by atoms with Gasteiger partial charge in [-0.3, -0.25) is 28.8 Å². The van der Waals surface area contributed by atoms with Crippen molar-refractivity contribution in [3.63, 3.8) is 0 Å². The van der Waals surface area contributed by atoms with Crippen LogP contribution in [0, 0.1) is 23.7 Å². The van der Waals surface area contributed by atoms with Crippen molar-refractivity contribution in [1.29, 1.82) is 0 Å². The molecule has 0 fully saturated rings. The van der Waals surface area contributed by atoms with Crippen LogP contribution in [-0.2, 0) is 35.2 Å². The Morgan fingerprint density at radius 1 is 0.684 bits per heavy atom. The first-order valence-corrected chi connectivity index (χ1v) is 11.7. The van der Waals surface area contributed by atoms with Crippen molar-refractivity contribution in [2.24, 2.45) is 23.7 Å². The minimum atomic E-state index is -2.61. The molecule has 6 unspecified atom stereocenters. The van der Waals surface area contributed by atoms with Gasteiger partial charge in [0.2, 0.25) is 0 Å². The molecular formula is C25H23O12P. The first-order valence-electron chi connectivity index (χ1n) is 11.1. The first kappa shape index (κ1) is 28.3. The van der Waals surface area contributed by atoms with E-state index >= 15 is 0 Å². The number of carbonyl (C=O) groups is 6. The molecule has 0 bridgehead atoms. The highest BCUT2D eigenvalue weighted by molar-refractivity contribution is 7.27. The summed E-state index contributed by atoms with van der Waals surface area (Å²) in [7, 11) is 2.34. The van der Waals surface area contributed by atoms with E-state index in [2.05, 4.69) is 9.24 Å². The normalized spacial score (nSPS) is 15.7. The molecule has 1 aliphatic carbocycles. The fourth-order valence-electron chi connectivity index (χ4n) is 5.17. The second-order valence-electron chi connectivity index (χ2n) is 8.88. The monoisotopic (exact) mass is 546 g/mol. The Balaban J connectivity index is 2.22. The number of hydrogen-bond donors (Lipinski definition) is 6. The second kappa shape index (κ2) is 11.0. The van der Waals surface area contributed by atoms with Crippen LogP contribution in [0.3, 0.4) is 0 Å². The van der Waals surface area contributed by atoms with Gasteiger partial charge >= 0.3 is 35.8 Å². The molecule has 0 saturated carbocycles. The molecule has 3 rings (SSSR count). The minimum Gasteiger partial charge on any atom is -0.481 e. The van der Waals surface area contributed by atoms with Gasteiger partial charge in [0.05, 0.1) is 36.0 Å². The van der Waals surface area contributed by atoms with E-state index in [0.717, 1.165) is 16.7 Å². The largest absolute Gasteiger partial charge is 0.481 e. The predicted molar refractivity (Wildman–Crippen MR) is 131 cm³/mol. The van der Waals surface area contributed by atoms with Crippen LogP contribution in [0.2, 0.25) is 0 Å². The molecule has 0 amide bonds. The molecule has 6 N–H and O–H groups in total. The highest BCUT2D eigenvalue weighted by Crippen LogP contribution is 2.42. The lowest BCUT2D eigenvalue weighted by Gasteiger charge is -2.32.